The molecule has 2 aromatic carbocycles. The summed E-state index contributed by atoms with van der Waals surface area (Å²) in [5.41, 5.74) is 3.54. The number of aliphatic imine (C=N–C) groups is 1. The zero-order valence-corrected chi connectivity index (χ0v) is 20.2. The zero-order chi connectivity index (χ0) is 20.7. The Labute approximate surface area is 198 Å². The molecule has 1 saturated heterocycles. The Morgan fingerprint density at radius 3 is 2.87 bits per heavy atom. The topological polar surface area (TPSA) is 28.1 Å². The fraction of sp³-hybridized carbons (Fsp3) is 0.375. The van der Waals surface area contributed by atoms with E-state index in [1.807, 2.05) is 17.4 Å². The van der Waals surface area contributed by atoms with Crippen LogP contribution in [0.5, 0.6) is 0 Å². The number of piperazine rings is 1. The maximum atomic E-state index is 6.33. The number of rotatable bonds is 3. The van der Waals surface area contributed by atoms with E-state index in [9.17, 15) is 0 Å². The number of amidine groups is 1. The van der Waals surface area contributed by atoms with Crippen LogP contribution in [0.15, 0.2) is 47.5 Å². The van der Waals surface area contributed by atoms with Gasteiger partial charge in [0.1, 0.15) is 5.84 Å². The molecule has 0 spiro atoms. The number of hydrogen-bond donors (Lipinski definition) is 0. The van der Waals surface area contributed by atoms with Crippen LogP contribution in [0.25, 0.3) is 10.1 Å². The molecule has 31 heavy (non-hydrogen) atoms. The normalized spacial score (nSPS) is 18.7. The van der Waals surface area contributed by atoms with Crippen molar-refractivity contribution in [2.45, 2.75) is 18.9 Å². The Balaban J connectivity index is 0.00000231. The maximum Gasteiger partial charge on any atom is 0.138 e. The summed E-state index contributed by atoms with van der Waals surface area (Å²) in [6.45, 7) is 3.75. The van der Waals surface area contributed by atoms with Crippen LogP contribution in [0, 0.1) is 0 Å². The molecular weight excluding hydrogens is 449 g/mol. The van der Waals surface area contributed by atoms with Gasteiger partial charge in [-0.15, -0.1) is 23.7 Å². The molecule has 0 saturated carbocycles. The second-order valence-electron chi connectivity index (χ2n) is 8.14. The SMILES string of the molecule is COCC[C@H]1CN(C2=Nc3ccc(Cl)cc3Cc3sc4ccccc4c32)CCN1C.Cl. The molecule has 164 valence electrons. The van der Waals surface area contributed by atoms with E-state index in [1.165, 1.54) is 26.1 Å². The molecule has 0 bridgehead atoms. The maximum absolute atomic E-state index is 6.33. The molecule has 7 heteroatoms. The van der Waals surface area contributed by atoms with E-state index in [0.717, 1.165) is 55.6 Å². The van der Waals surface area contributed by atoms with Gasteiger partial charge in [-0.05, 0) is 43.3 Å². The molecule has 4 nitrogen and oxygen atoms in total. The van der Waals surface area contributed by atoms with Gasteiger partial charge in [0.15, 0.2) is 0 Å². The van der Waals surface area contributed by atoms with E-state index in [-0.39, 0.29) is 12.4 Å². The minimum atomic E-state index is 0. The van der Waals surface area contributed by atoms with Crippen molar-refractivity contribution in [3.8, 4) is 0 Å². The first-order valence-corrected chi connectivity index (χ1v) is 11.7. The number of fused-ring (bicyclic) bond motifs is 4. The number of nitrogens with zero attached hydrogens (tertiary/aromatic N) is 3. The third kappa shape index (κ3) is 4.35. The highest BCUT2D eigenvalue weighted by molar-refractivity contribution is 7.19. The van der Waals surface area contributed by atoms with Crippen molar-refractivity contribution in [2.75, 3.05) is 40.4 Å². The lowest BCUT2D eigenvalue weighted by Gasteiger charge is -2.41. The van der Waals surface area contributed by atoms with Gasteiger partial charge >= 0.3 is 0 Å². The predicted molar refractivity (Wildman–Crippen MR) is 134 cm³/mol. The monoisotopic (exact) mass is 475 g/mol. The lowest BCUT2D eigenvalue weighted by Crippen LogP contribution is -2.53. The zero-order valence-electron chi connectivity index (χ0n) is 17.8. The van der Waals surface area contributed by atoms with Crippen molar-refractivity contribution in [1.29, 1.82) is 0 Å². The second kappa shape index (κ2) is 9.47. The average molecular weight is 476 g/mol. The van der Waals surface area contributed by atoms with Crippen molar-refractivity contribution in [2.24, 2.45) is 4.99 Å². The van der Waals surface area contributed by atoms with Crippen molar-refractivity contribution in [3.63, 3.8) is 0 Å². The van der Waals surface area contributed by atoms with E-state index >= 15 is 0 Å². The molecular formula is C24H27Cl2N3OS. The van der Waals surface area contributed by atoms with E-state index in [2.05, 4.69) is 53.2 Å². The summed E-state index contributed by atoms with van der Waals surface area (Å²) in [4.78, 5) is 11.6. The molecule has 0 radical (unpaired) electrons. The first kappa shape index (κ1) is 22.6. The third-order valence-corrected chi connectivity index (χ3v) is 7.65. The van der Waals surface area contributed by atoms with Gasteiger partial charge in [0.25, 0.3) is 0 Å². The van der Waals surface area contributed by atoms with Gasteiger partial charge in [-0.1, -0.05) is 29.8 Å². The van der Waals surface area contributed by atoms with Crippen LogP contribution >= 0.6 is 35.3 Å². The molecule has 1 aromatic heterocycles. The summed E-state index contributed by atoms with van der Waals surface area (Å²) in [5.74, 6) is 1.11. The molecule has 0 unspecified atom stereocenters. The number of ether oxygens (including phenoxy) is 1. The fourth-order valence-electron chi connectivity index (χ4n) is 4.55. The molecule has 0 aliphatic carbocycles. The quantitative estimate of drug-likeness (QED) is 0.492. The van der Waals surface area contributed by atoms with Gasteiger partial charge in [0.05, 0.1) is 5.69 Å². The van der Waals surface area contributed by atoms with Crippen molar-refractivity contribution >= 4 is 57.0 Å². The van der Waals surface area contributed by atoms with Gasteiger partial charge in [-0.2, -0.15) is 0 Å². The van der Waals surface area contributed by atoms with Crippen LogP contribution < -0.4 is 0 Å². The predicted octanol–water partition coefficient (Wildman–Crippen LogP) is 5.61. The summed E-state index contributed by atoms with van der Waals surface area (Å²) in [5, 5.41) is 2.08. The van der Waals surface area contributed by atoms with Crippen LogP contribution in [-0.2, 0) is 11.2 Å². The summed E-state index contributed by atoms with van der Waals surface area (Å²) in [6.07, 6.45) is 1.90. The van der Waals surface area contributed by atoms with E-state index in [0.29, 0.717) is 6.04 Å². The highest BCUT2D eigenvalue weighted by Crippen LogP contribution is 2.39. The number of methoxy groups -OCH3 is 1. The summed E-state index contributed by atoms with van der Waals surface area (Å²) >= 11 is 8.22. The first-order chi connectivity index (χ1) is 14.6. The van der Waals surface area contributed by atoms with Gasteiger partial charge in [-0.3, -0.25) is 4.90 Å². The number of likely N-dealkylation sites (N-methyl/N-ethyl adjacent to an activating group) is 1. The van der Waals surface area contributed by atoms with Crippen LogP contribution in [-0.4, -0.2) is 62.1 Å². The Morgan fingerprint density at radius 1 is 1.19 bits per heavy atom. The third-order valence-electron chi connectivity index (χ3n) is 6.24. The Hall–Kier alpha value is -1.63. The average Bonchev–Trinajstić information content (AvgIpc) is 3.02. The Morgan fingerprint density at radius 2 is 2.03 bits per heavy atom. The minimum absolute atomic E-state index is 0. The van der Waals surface area contributed by atoms with Crippen LogP contribution in [0.3, 0.4) is 0 Å². The summed E-state index contributed by atoms with van der Waals surface area (Å²) < 4.78 is 6.69. The van der Waals surface area contributed by atoms with E-state index < -0.39 is 0 Å². The molecule has 0 N–H and O–H groups in total. The standard InChI is InChI=1S/C24H26ClN3OS.ClH/c1-27-10-11-28(15-18(27)9-12-29-2)24-23-19-5-3-4-6-21(19)30-22(23)14-16-13-17(25)7-8-20(16)26-24;/h3-8,13,18H,9-12,14-15H2,1-2H3;1H/t18-;/m0./s1. The first-order valence-electron chi connectivity index (χ1n) is 10.5. The van der Waals surface area contributed by atoms with E-state index in [4.69, 9.17) is 21.3 Å². The van der Waals surface area contributed by atoms with Crippen LogP contribution in [0.4, 0.5) is 5.69 Å². The smallest absolute Gasteiger partial charge is 0.138 e. The molecule has 1 atom stereocenters. The number of benzene rings is 2. The van der Waals surface area contributed by atoms with Gasteiger partial charge in [0, 0.05) is 71.4 Å². The molecule has 1 fully saturated rings. The molecule has 2 aliphatic rings. The van der Waals surface area contributed by atoms with Gasteiger partial charge < -0.3 is 9.64 Å². The van der Waals surface area contributed by atoms with Gasteiger partial charge in [0.2, 0.25) is 0 Å². The second-order valence-corrected chi connectivity index (χ2v) is 9.72. The van der Waals surface area contributed by atoms with Crippen molar-refractivity contribution < 1.29 is 4.74 Å². The number of thiophene rings is 1. The van der Waals surface area contributed by atoms with E-state index in [1.54, 1.807) is 7.11 Å². The Kier molecular flexibility index (Phi) is 6.89. The molecule has 3 heterocycles. The highest BCUT2D eigenvalue weighted by Gasteiger charge is 2.31. The fourth-order valence-corrected chi connectivity index (χ4v) is 5.96. The minimum Gasteiger partial charge on any atom is -0.385 e. The lowest BCUT2D eigenvalue weighted by molar-refractivity contribution is 0.100. The van der Waals surface area contributed by atoms with Crippen molar-refractivity contribution in [1.82, 2.24) is 9.80 Å². The lowest BCUT2D eigenvalue weighted by atomic mass is 10.0. The molecule has 2 aliphatic heterocycles. The molecule has 5 rings (SSSR count). The van der Waals surface area contributed by atoms with Crippen LogP contribution in [0.1, 0.15) is 22.4 Å². The Bertz CT molecular complexity index is 1110. The largest absolute Gasteiger partial charge is 0.385 e. The van der Waals surface area contributed by atoms with Crippen molar-refractivity contribution in [3.05, 3.63) is 63.5 Å². The van der Waals surface area contributed by atoms with Crippen LogP contribution in [0.2, 0.25) is 5.02 Å². The number of halogens is 2. The summed E-state index contributed by atoms with van der Waals surface area (Å²) in [7, 11) is 4.00. The number of hydrogen-bond acceptors (Lipinski definition) is 5. The summed E-state index contributed by atoms with van der Waals surface area (Å²) in [6, 6.07) is 15.3. The highest BCUT2D eigenvalue weighted by atomic mass is 35.5. The molecule has 3 aromatic rings. The molecule has 0 amide bonds. The van der Waals surface area contributed by atoms with Gasteiger partial charge in [-0.25, -0.2) is 4.99 Å².